The van der Waals surface area contributed by atoms with Gasteiger partial charge in [0.25, 0.3) is 5.56 Å². The van der Waals surface area contributed by atoms with Gasteiger partial charge in [0.1, 0.15) is 5.82 Å². The number of nitrogens with two attached hydrogens (primary N) is 1. The molecule has 1 aliphatic heterocycles. The number of amides is 2. The molecule has 3 N–H and O–H groups in total. The second-order valence-corrected chi connectivity index (χ2v) is 4.77. The number of rotatable bonds is 3. The molecule has 2 rings (SSSR count). The van der Waals surface area contributed by atoms with Crippen molar-refractivity contribution in [1.29, 1.82) is 0 Å². The predicted octanol–water partition coefficient (Wildman–Crippen LogP) is -0.407. The normalized spacial score (nSPS) is 15.1. The molecule has 1 saturated heterocycles. The van der Waals surface area contributed by atoms with Crippen LogP contribution in [0.4, 0.5) is 5.82 Å². The number of aromatic amines is 1. The molecular formula is C10H12N4O3S. The lowest BCUT2D eigenvalue weighted by Gasteiger charge is -2.12. The van der Waals surface area contributed by atoms with Crippen LogP contribution in [-0.4, -0.2) is 39.0 Å². The number of likely N-dealkylation sites (tertiary alicyclic amines) is 1. The van der Waals surface area contributed by atoms with Crippen molar-refractivity contribution >= 4 is 29.4 Å². The molecule has 0 saturated carbocycles. The third-order valence-electron chi connectivity index (χ3n) is 2.45. The van der Waals surface area contributed by atoms with Gasteiger partial charge in [0.15, 0.2) is 5.16 Å². The Morgan fingerprint density at radius 3 is 2.94 bits per heavy atom. The fourth-order valence-corrected chi connectivity index (χ4v) is 2.40. The maximum Gasteiger partial charge on any atom is 0.253 e. The average molecular weight is 268 g/mol. The summed E-state index contributed by atoms with van der Waals surface area (Å²) < 4.78 is 0. The number of aromatic nitrogens is 2. The van der Waals surface area contributed by atoms with Gasteiger partial charge in [-0.3, -0.25) is 19.3 Å². The van der Waals surface area contributed by atoms with Gasteiger partial charge < -0.3 is 10.7 Å². The van der Waals surface area contributed by atoms with Crippen LogP contribution in [0.2, 0.25) is 0 Å². The number of nitrogens with zero attached hydrogens (tertiary/aromatic N) is 2. The number of anilines is 1. The fraction of sp³-hybridized carbons (Fsp3) is 0.400. The van der Waals surface area contributed by atoms with Crippen LogP contribution in [0.5, 0.6) is 0 Å². The molecule has 2 amide bonds. The molecule has 1 aromatic heterocycles. The Morgan fingerprint density at radius 1 is 1.56 bits per heavy atom. The van der Waals surface area contributed by atoms with Gasteiger partial charge in [-0.2, -0.15) is 0 Å². The minimum atomic E-state index is -0.366. The summed E-state index contributed by atoms with van der Waals surface area (Å²) in [7, 11) is 0. The molecule has 0 radical (unpaired) electrons. The van der Waals surface area contributed by atoms with E-state index in [0.717, 1.165) is 17.8 Å². The Labute approximate surface area is 107 Å². The molecule has 1 fully saturated rings. The largest absolute Gasteiger partial charge is 0.383 e. The number of H-pyrrole nitrogens is 1. The van der Waals surface area contributed by atoms with Gasteiger partial charge in [-0.05, 0) is 6.42 Å². The first-order chi connectivity index (χ1) is 8.56. The highest BCUT2D eigenvalue weighted by molar-refractivity contribution is 7.99. The van der Waals surface area contributed by atoms with Gasteiger partial charge in [-0.25, -0.2) is 4.98 Å². The fourth-order valence-electron chi connectivity index (χ4n) is 1.64. The zero-order chi connectivity index (χ0) is 13.1. The number of nitrogen functional groups attached to an aromatic ring is 1. The van der Waals surface area contributed by atoms with Crippen LogP contribution < -0.4 is 11.3 Å². The smallest absolute Gasteiger partial charge is 0.253 e. The highest BCUT2D eigenvalue weighted by Crippen LogP contribution is 2.16. The number of hydrogen-bond donors (Lipinski definition) is 2. The van der Waals surface area contributed by atoms with E-state index >= 15 is 0 Å². The zero-order valence-electron chi connectivity index (χ0n) is 9.51. The second-order valence-electron chi connectivity index (χ2n) is 3.81. The number of thioether (sulfide) groups is 1. The SMILES string of the molecule is Nc1cc(=O)[nH]c(SCC(=O)N2CCCC2=O)n1. The Bertz CT molecular complexity index is 542. The Balaban J connectivity index is 1.97. The highest BCUT2D eigenvalue weighted by atomic mass is 32.2. The number of imide groups is 1. The van der Waals surface area contributed by atoms with Crippen LogP contribution in [0, 0.1) is 0 Å². The molecule has 8 heteroatoms. The first-order valence-electron chi connectivity index (χ1n) is 5.39. The summed E-state index contributed by atoms with van der Waals surface area (Å²) in [6.45, 7) is 0.471. The summed E-state index contributed by atoms with van der Waals surface area (Å²) >= 11 is 1.06. The highest BCUT2D eigenvalue weighted by Gasteiger charge is 2.26. The minimum absolute atomic E-state index is 0.0537. The minimum Gasteiger partial charge on any atom is -0.383 e. The quantitative estimate of drug-likeness (QED) is 0.570. The standard InChI is InChI=1S/C10H12N4O3S/c11-6-4-7(15)13-10(12-6)18-5-9(17)14-3-1-2-8(14)16/h4H,1-3,5H2,(H3,11,12,13,15). The molecule has 0 atom stereocenters. The third-order valence-corrected chi connectivity index (χ3v) is 3.30. The van der Waals surface area contributed by atoms with Crippen molar-refractivity contribution in [2.24, 2.45) is 0 Å². The van der Waals surface area contributed by atoms with Crippen molar-refractivity contribution in [3.63, 3.8) is 0 Å². The lowest BCUT2D eigenvalue weighted by atomic mass is 10.4. The van der Waals surface area contributed by atoms with Crippen molar-refractivity contribution in [2.75, 3.05) is 18.0 Å². The lowest BCUT2D eigenvalue weighted by molar-refractivity contribution is -0.140. The van der Waals surface area contributed by atoms with Crippen molar-refractivity contribution in [3.8, 4) is 0 Å². The van der Waals surface area contributed by atoms with Gasteiger partial charge in [0.05, 0.1) is 5.75 Å². The summed E-state index contributed by atoms with van der Waals surface area (Å²) in [5.41, 5.74) is 5.05. The average Bonchev–Trinajstić information content (AvgIpc) is 2.71. The Kier molecular flexibility index (Phi) is 3.66. The topological polar surface area (TPSA) is 109 Å². The van der Waals surface area contributed by atoms with Gasteiger partial charge in [-0.15, -0.1) is 0 Å². The van der Waals surface area contributed by atoms with Crippen LogP contribution in [0.25, 0.3) is 0 Å². The summed E-state index contributed by atoms with van der Waals surface area (Å²) in [4.78, 5) is 41.8. The molecular weight excluding hydrogens is 256 g/mol. The van der Waals surface area contributed by atoms with Crippen LogP contribution in [0.15, 0.2) is 16.0 Å². The molecule has 0 bridgehead atoms. The van der Waals surface area contributed by atoms with E-state index in [1.54, 1.807) is 0 Å². The first kappa shape index (κ1) is 12.6. The maximum absolute atomic E-state index is 11.7. The van der Waals surface area contributed by atoms with Gasteiger partial charge in [-0.1, -0.05) is 11.8 Å². The second kappa shape index (κ2) is 5.21. The zero-order valence-corrected chi connectivity index (χ0v) is 10.3. The summed E-state index contributed by atoms with van der Waals surface area (Å²) in [6.07, 6.45) is 1.13. The van der Waals surface area contributed by atoms with E-state index in [1.807, 2.05) is 0 Å². The van der Waals surface area contributed by atoms with Crippen LogP contribution in [0.3, 0.4) is 0 Å². The molecule has 1 aliphatic rings. The number of hydrogen-bond acceptors (Lipinski definition) is 6. The van der Waals surface area contributed by atoms with E-state index < -0.39 is 0 Å². The summed E-state index contributed by atoms with van der Waals surface area (Å²) in [5, 5.41) is 0.278. The summed E-state index contributed by atoms with van der Waals surface area (Å²) in [6, 6.07) is 1.16. The van der Waals surface area contributed by atoms with Crippen molar-refractivity contribution in [1.82, 2.24) is 14.9 Å². The molecule has 7 nitrogen and oxygen atoms in total. The number of carbonyl (C=O) groups excluding carboxylic acids is 2. The molecule has 18 heavy (non-hydrogen) atoms. The molecule has 0 spiro atoms. The van der Waals surface area contributed by atoms with Gasteiger partial charge >= 0.3 is 0 Å². The van der Waals surface area contributed by atoms with E-state index in [4.69, 9.17) is 5.73 Å². The van der Waals surface area contributed by atoms with E-state index in [-0.39, 0.29) is 34.1 Å². The lowest BCUT2D eigenvalue weighted by Crippen LogP contribution is -2.33. The maximum atomic E-state index is 11.7. The van der Waals surface area contributed by atoms with Gasteiger partial charge in [0, 0.05) is 19.0 Å². The first-order valence-corrected chi connectivity index (χ1v) is 6.37. The van der Waals surface area contributed by atoms with E-state index in [2.05, 4.69) is 9.97 Å². The van der Waals surface area contributed by atoms with E-state index in [9.17, 15) is 14.4 Å². The molecule has 1 aromatic rings. The molecule has 96 valence electrons. The molecule has 2 heterocycles. The molecule has 0 aromatic carbocycles. The van der Waals surface area contributed by atoms with Gasteiger partial charge in [0.2, 0.25) is 11.8 Å². The molecule has 0 unspecified atom stereocenters. The Morgan fingerprint density at radius 2 is 2.33 bits per heavy atom. The third kappa shape index (κ3) is 2.89. The van der Waals surface area contributed by atoms with Crippen LogP contribution in [0.1, 0.15) is 12.8 Å². The number of carbonyl (C=O) groups is 2. The van der Waals surface area contributed by atoms with E-state index in [0.29, 0.717) is 19.4 Å². The van der Waals surface area contributed by atoms with Crippen molar-refractivity contribution < 1.29 is 9.59 Å². The number of nitrogens with one attached hydrogen (secondary N) is 1. The van der Waals surface area contributed by atoms with E-state index in [1.165, 1.54) is 4.90 Å². The van der Waals surface area contributed by atoms with Crippen molar-refractivity contribution in [2.45, 2.75) is 18.0 Å². The predicted molar refractivity (Wildman–Crippen MR) is 65.9 cm³/mol. The van der Waals surface area contributed by atoms with Crippen LogP contribution >= 0.6 is 11.8 Å². The Hall–Kier alpha value is -1.83. The molecule has 0 aliphatic carbocycles. The monoisotopic (exact) mass is 268 g/mol. The summed E-state index contributed by atoms with van der Waals surface area (Å²) in [5.74, 6) is -0.258. The van der Waals surface area contributed by atoms with Crippen molar-refractivity contribution in [3.05, 3.63) is 16.4 Å². The van der Waals surface area contributed by atoms with Crippen LogP contribution in [-0.2, 0) is 9.59 Å².